The number of benzene rings is 1. The smallest absolute Gasteiger partial charge is 0.257 e. The second-order valence-corrected chi connectivity index (χ2v) is 6.54. The van der Waals surface area contributed by atoms with Crippen LogP contribution in [0.4, 0.5) is 0 Å². The Labute approximate surface area is 140 Å². The number of nitrogens with one attached hydrogen (secondary N) is 1. The number of nitrogens with zero attached hydrogens (tertiary/aromatic N) is 1. The van der Waals surface area contributed by atoms with Crippen molar-refractivity contribution < 1.29 is 14.4 Å². The molecule has 0 fully saturated rings. The molecule has 0 saturated carbocycles. The molecular formula is C17H21ClN2O3. The van der Waals surface area contributed by atoms with Crippen LogP contribution in [0.2, 0.25) is 5.02 Å². The molecule has 1 heterocycles. The zero-order valence-electron chi connectivity index (χ0n) is 13.7. The molecule has 6 heteroatoms. The Balaban J connectivity index is 2.29. The van der Waals surface area contributed by atoms with E-state index < -0.39 is 5.60 Å². The molecular weight excluding hydrogens is 316 g/mol. The Morgan fingerprint density at radius 2 is 2.09 bits per heavy atom. The number of hydrogen-bond donors (Lipinski definition) is 2. The van der Waals surface area contributed by atoms with Crippen molar-refractivity contribution in [3.8, 4) is 11.3 Å². The molecule has 0 saturated heterocycles. The van der Waals surface area contributed by atoms with Crippen molar-refractivity contribution >= 4 is 17.5 Å². The largest absolute Gasteiger partial charge is 0.388 e. The van der Waals surface area contributed by atoms with Gasteiger partial charge in [-0.05, 0) is 25.8 Å². The topological polar surface area (TPSA) is 75.4 Å². The highest BCUT2D eigenvalue weighted by Gasteiger charge is 2.28. The van der Waals surface area contributed by atoms with Gasteiger partial charge >= 0.3 is 0 Å². The number of amides is 1. The number of carbonyl (C=O) groups is 1. The predicted octanol–water partition coefficient (Wildman–Crippen LogP) is 3.44. The van der Waals surface area contributed by atoms with Gasteiger partial charge in [0.2, 0.25) is 0 Å². The van der Waals surface area contributed by atoms with Crippen LogP contribution >= 0.6 is 11.6 Å². The summed E-state index contributed by atoms with van der Waals surface area (Å²) in [5.74, 6) is 0.0654. The Morgan fingerprint density at radius 3 is 2.70 bits per heavy atom. The van der Waals surface area contributed by atoms with E-state index in [9.17, 15) is 9.90 Å². The minimum Gasteiger partial charge on any atom is -0.388 e. The fraction of sp³-hybridized carbons (Fsp3) is 0.412. The van der Waals surface area contributed by atoms with Crippen LogP contribution in [0, 0.1) is 12.8 Å². The Morgan fingerprint density at radius 1 is 1.43 bits per heavy atom. The highest BCUT2D eigenvalue weighted by atomic mass is 35.5. The SMILES string of the molecule is Cc1onc(-c2ccccc2Cl)c1C(=O)NCC(C)(O)C(C)C. The van der Waals surface area contributed by atoms with Crippen LogP contribution in [0.3, 0.4) is 0 Å². The van der Waals surface area contributed by atoms with Gasteiger partial charge in [-0.2, -0.15) is 0 Å². The lowest BCUT2D eigenvalue weighted by molar-refractivity contribution is 0.0142. The number of halogens is 1. The number of aliphatic hydroxyl groups is 1. The summed E-state index contributed by atoms with van der Waals surface area (Å²) in [6, 6.07) is 7.13. The van der Waals surface area contributed by atoms with Crippen LogP contribution in [0.5, 0.6) is 0 Å². The van der Waals surface area contributed by atoms with Crippen LogP contribution in [0.1, 0.15) is 36.9 Å². The maximum atomic E-state index is 12.5. The molecule has 1 atom stereocenters. The first-order valence-corrected chi connectivity index (χ1v) is 7.83. The summed E-state index contributed by atoms with van der Waals surface area (Å²) in [5, 5.41) is 17.5. The first-order valence-electron chi connectivity index (χ1n) is 7.45. The van der Waals surface area contributed by atoms with Gasteiger partial charge in [0.25, 0.3) is 5.91 Å². The maximum absolute atomic E-state index is 12.5. The van der Waals surface area contributed by atoms with E-state index >= 15 is 0 Å². The van der Waals surface area contributed by atoms with Gasteiger partial charge in [0.15, 0.2) is 0 Å². The van der Waals surface area contributed by atoms with Gasteiger partial charge in [0, 0.05) is 12.1 Å². The summed E-state index contributed by atoms with van der Waals surface area (Å²) in [6.45, 7) is 7.28. The lowest BCUT2D eigenvalue weighted by Crippen LogP contribution is -2.44. The zero-order chi connectivity index (χ0) is 17.2. The number of aromatic nitrogens is 1. The molecule has 2 rings (SSSR count). The van der Waals surface area contributed by atoms with E-state index in [1.807, 2.05) is 19.9 Å². The summed E-state index contributed by atoms with van der Waals surface area (Å²) in [7, 11) is 0. The molecule has 0 bridgehead atoms. The summed E-state index contributed by atoms with van der Waals surface area (Å²) in [5.41, 5.74) is 0.366. The van der Waals surface area contributed by atoms with Crippen molar-refractivity contribution in [2.75, 3.05) is 6.54 Å². The molecule has 2 aromatic rings. The minimum atomic E-state index is -0.995. The van der Waals surface area contributed by atoms with E-state index in [2.05, 4.69) is 10.5 Å². The molecule has 1 unspecified atom stereocenters. The third-order valence-electron chi connectivity index (χ3n) is 4.07. The van der Waals surface area contributed by atoms with Crippen molar-refractivity contribution in [3.05, 3.63) is 40.6 Å². The van der Waals surface area contributed by atoms with Gasteiger partial charge < -0.3 is 14.9 Å². The third kappa shape index (κ3) is 3.74. The van der Waals surface area contributed by atoms with E-state index in [0.29, 0.717) is 27.6 Å². The van der Waals surface area contributed by atoms with Crippen LogP contribution < -0.4 is 5.32 Å². The van der Waals surface area contributed by atoms with Crippen molar-refractivity contribution in [2.24, 2.45) is 5.92 Å². The van der Waals surface area contributed by atoms with Gasteiger partial charge in [0.1, 0.15) is 17.0 Å². The summed E-state index contributed by atoms with van der Waals surface area (Å²) >= 11 is 6.18. The first-order chi connectivity index (χ1) is 10.7. The molecule has 23 heavy (non-hydrogen) atoms. The molecule has 1 aromatic heterocycles. The molecule has 0 aliphatic carbocycles. The molecule has 1 aromatic carbocycles. The van der Waals surface area contributed by atoms with Gasteiger partial charge in [0.05, 0.1) is 10.6 Å². The van der Waals surface area contributed by atoms with Crippen LogP contribution in [0.15, 0.2) is 28.8 Å². The number of carbonyl (C=O) groups excluding carboxylic acids is 1. The fourth-order valence-electron chi connectivity index (χ4n) is 2.03. The molecule has 0 aliphatic heterocycles. The van der Waals surface area contributed by atoms with Crippen LogP contribution in [-0.2, 0) is 0 Å². The second kappa shape index (κ2) is 6.72. The second-order valence-electron chi connectivity index (χ2n) is 6.14. The van der Waals surface area contributed by atoms with E-state index in [-0.39, 0.29) is 18.4 Å². The van der Waals surface area contributed by atoms with Gasteiger partial charge in [-0.25, -0.2) is 0 Å². The van der Waals surface area contributed by atoms with Crippen LogP contribution in [-0.4, -0.2) is 28.3 Å². The van der Waals surface area contributed by atoms with E-state index in [4.69, 9.17) is 16.1 Å². The molecule has 5 nitrogen and oxygen atoms in total. The molecule has 2 N–H and O–H groups in total. The maximum Gasteiger partial charge on any atom is 0.257 e. The third-order valence-corrected chi connectivity index (χ3v) is 4.40. The lowest BCUT2D eigenvalue weighted by Gasteiger charge is -2.27. The average Bonchev–Trinajstić information content (AvgIpc) is 2.87. The number of rotatable bonds is 5. The van der Waals surface area contributed by atoms with Crippen molar-refractivity contribution in [2.45, 2.75) is 33.3 Å². The molecule has 1 amide bonds. The standard InChI is InChI=1S/C17H21ClN2O3/c1-10(2)17(4,22)9-19-16(21)14-11(3)23-20-15(14)12-7-5-6-8-13(12)18/h5-8,10,22H,9H2,1-4H3,(H,19,21). The predicted molar refractivity (Wildman–Crippen MR) is 89.5 cm³/mol. The fourth-order valence-corrected chi connectivity index (χ4v) is 2.25. The highest BCUT2D eigenvalue weighted by Crippen LogP contribution is 2.31. The quantitative estimate of drug-likeness (QED) is 0.877. The average molecular weight is 337 g/mol. The molecule has 0 radical (unpaired) electrons. The van der Waals surface area contributed by atoms with E-state index in [1.54, 1.807) is 32.0 Å². The van der Waals surface area contributed by atoms with Crippen molar-refractivity contribution in [3.63, 3.8) is 0 Å². The Hall–Kier alpha value is -1.85. The first kappa shape index (κ1) is 17.5. The van der Waals surface area contributed by atoms with Gasteiger partial charge in [-0.1, -0.05) is 48.8 Å². The lowest BCUT2D eigenvalue weighted by atomic mass is 9.92. The summed E-state index contributed by atoms with van der Waals surface area (Å²) in [6.07, 6.45) is 0. The molecule has 0 spiro atoms. The summed E-state index contributed by atoms with van der Waals surface area (Å²) < 4.78 is 5.17. The zero-order valence-corrected chi connectivity index (χ0v) is 14.4. The van der Waals surface area contributed by atoms with E-state index in [0.717, 1.165) is 0 Å². The normalized spacial score (nSPS) is 13.9. The van der Waals surface area contributed by atoms with Crippen molar-refractivity contribution in [1.29, 1.82) is 0 Å². The molecule has 124 valence electrons. The van der Waals surface area contributed by atoms with Gasteiger partial charge in [-0.3, -0.25) is 4.79 Å². The van der Waals surface area contributed by atoms with E-state index in [1.165, 1.54) is 0 Å². The number of aryl methyl sites for hydroxylation is 1. The monoisotopic (exact) mass is 336 g/mol. The Bertz CT molecular complexity index is 708. The highest BCUT2D eigenvalue weighted by molar-refractivity contribution is 6.33. The molecule has 0 aliphatic rings. The summed E-state index contributed by atoms with van der Waals surface area (Å²) in [4.78, 5) is 12.5. The van der Waals surface area contributed by atoms with Crippen LogP contribution in [0.25, 0.3) is 11.3 Å². The van der Waals surface area contributed by atoms with Crippen molar-refractivity contribution in [1.82, 2.24) is 10.5 Å². The van der Waals surface area contributed by atoms with Gasteiger partial charge in [-0.15, -0.1) is 0 Å². The Kier molecular flexibility index (Phi) is 5.12. The minimum absolute atomic E-state index is 0.00871. The number of hydrogen-bond acceptors (Lipinski definition) is 4.